The number of oxazole rings is 1. The number of piperidine rings is 1. The van der Waals surface area contributed by atoms with Crippen molar-refractivity contribution in [1.82, 2.24) is 9.88 Å². The molecule has 1 saturated heterocycles. The average molecular weight is 484 g/mol. The van der Waals surface area contributed by atoms with Gasteiger partial charge in [-0.15, -0.1) is 0 Å². The van der Waals surface area contributed by atoms with Crippen molar-refractivity contribution in [2.24, 2.45) is 11.8 Å². The maximum absolute atomic E-state index is 13.2. The normalized spacial score (nSPS) is 15.0. The summed E-state index contributed by atoms with van der Waals surface area (Å²) in [4.78, 5) is 32.5. The van der Waals surface area contributed by atoms with Gasteiger partial charge in [-0.1, -0.05) is 31.2 Å². The molecule has 1 aliphatic heterocycles. The highest BCUT2D eigenvalue weighted by atomic mass is 16.5. The molecule has 1 aliphatic rings. The van der Waals surface area contributed by atoms with Crippen molar-refractivity contribution < 1.29 is 18.7 Å². The lowest BCUT2D eigenvalue weighted by Gasteiger charge is -2.34. The highest BCUT2D eigenvalue weighted by molar-refractivity contribution is 5.97. The number of benzene rings is 3. The van der Waals surface area contributed by atoms with Crippen LogP contribution < -0.4 is 10.1 Å². The fourth-order valence-corrected chi connectivity index (χ4v) is 4.72. The molecular formula is C29H29N3O4. The van der Waals surface area contributed by atoms with E-state index in [1.165, 1.54) is 0 Å². The lowest BCUT2D eigenvalue weighted by atomic mass is 9.84. The van der Waals surface area contributed by atoms with Crippen molar-refractivity contribution in [3.63, 3.8) is 0 Å². The van der Waals surface area contributed by atoms with Gasteiger partial charge in [-0.05, 0) is 61.2 Å². The Kier molecular flexibility index (Phi) is 6.71. The molecule has 0 spiro atoms. The number of amides is 2. The zero-order chi connectivity index (χ0) is 25.1. The van der Waals surface area contributed by atoms with E-state index >= 15 is 0 Å². The molecule has 1 atom stereocenters. The highest BCUT2D eigenvalue weighted by Crippen LogP contribution is 2.29. The molecule has 1 unspecified atom stereocenters. The molecular weight excluding hydrogens is 454 g/mol. The third-order valence-electron chi connectivity index (χ3n) is 6.94. The number of fused-ring (bicyclic) bond motifs is 1. The van der Waals surface area contributed by atoms with Crippen LogP contribution in [0.25, 0.3) is 22.6 Å². The first-order valence-corrected chi connectivity index (χ1v) is 12.2. The second kappa shape index (κ2) is 10.2. The van der Waals surface area contributed by atoms with E-state index in [0.717, 1.165) is 24.1 Å². The summed E-state index contributed by atoms with van der Waals surface area (Å²) in [6.07, 6.45) is 1.56. The third-order valence-corrected chi connectivity index (χ3v) is 6.94. The fourth-order valence-electron chi connectivity index (χ4n) is 4.72. The molecule has 0 aliphatic carbocycles. The van der Waals surface area contributed by atoms with Gasteiger partial charge in [0.1, 0.15) is 11.3 Å². The Morgan fingerprint density at radius 1 is 1.03 bits per heavy atom. The number of anilines is 1. The van der Waals surface area contributed by atoms with Gasteiger partial charge >= 0.3 is 0 Å². The number of hydrogen-bond acceptors (Lipinski definition) is 5. The van der Waals surface area contributed by atoms with Crippen LogP contribution in [0.3, 0.4) is 0 Å². The Morgan fingerprint density at radius 2 is 1.81 bits per heavy atom. The van der Waals surface area contributed by atoms with Crippen LogP contribution in [0, 0.1) is 11.8 Å². The number of hydrogen-bond donors (Lipinski definition) is 1. The largest absolute Gasteiger partial charge is 0.497 e. The molecule has 0 saturated carbocycles. The predicted octanol–water partition coefficient (Wildman–Crippen LogP) is 5.63. The standard InChI is InChI=1S/C29H29N3O4/c1-19(27(33)30-23-9-6-10-24(18-23)35-2)20-13-15-32(16-14-20)29(34)22-11-12-26-25(17-22)31-28(36-26)21-7-4-3-5-8-21/h3-12,17-20H,13-16H2,1-2H3,(H,30,33). The minimum atomic E-state index is -0.156. The molecule has 4 aromatic rings. The number of carbonyl (C=O) groups excluding carboxylic acids is 2. The summed E-state index contributed by atoms with van der Waals surface area (Å²) in [5.41, 5.74) is 3.53. The van der Waals surface area contributed by atoms with E-state index in [0.29, 0.717) is 41.4 Å². The molecule has 36 heavy (non-hydrogen) atoms. The van der Waals surface area contributed by atoms with Crippen LogP contribution in [0.5, 0.6) is 5.75 Å². The van der Waals surface area contributed by atoms with Crippen LogP contribution in [0.4, 0.5) is 5.69 Å². The molecule has 1 aromatic heterocycles. The zero-order valence-corrected chi connectivity index (χ0v) is 20.4. The van der Waals surface area contributed by atoms with Crippen LogP contribution >= 0.6 is 0 Å². The summed E-state index contributed by atoms with van der Waals surface area (Å²) in [6.45, 7) is 3.19. The van der Waals surface area contributed by atoms with Gasteiger partial charge in [0.05, 0.1) is 7.11 Å². The van der Waals surface area contributed by atoms with Crippen LogP contribution in [-0.4, -0.2) is 41.9 Å². The van der Waals surface area contributed by atoms with Gasteiger partial charge in [0, 0.05) is 41.9 Å². The summed E-state index contributed by atoms with van der Waals surface area (Å²) in [5, 5.41) is 2.99. The van der Waals surface area contributed by atoms with E-state index in [4.69, 9.17) is 9.15 Å². The first kappa shape index (κ1) is 23.6. The van der Waals surface area contributed by atoms with Gasteiger partial charge in [-0.25, -0.2) is 4.98 Å². The molecule has 2 amide bonds. The topological polar surface area (TPSA) is 84.7 Å². The van der Waals surface area contributed by atoms with Gasteiger partial charge < -0.3 is 19.4 Å². The van der Waals surface area contributed by atoms with E-state index in [9.17, 15) is 9.59 Å². The molecule has 5 rings (SSSR count). The number of aromatic nitrogens is 1. The summed E-state index contributed by atoms with van der Waals surface area (Å²) in [7, 11) is 1.60. The molecule has 3 aromatic carbocycles. The van der Waals surface area contributed by atoms with E-state index in [1.54, 1.807) is 31.4 Å². The SMILES string of the molecule is COc1cccc(NC(=O)C(C)C2CCN(C(=O)c3ccc4oc(-c5ccccc5)nc4c3)CC2)c1. The van der Waals surface area contributed by atoms with Gasteiger partial charge in [-0.3, -0.25) is 9.59 Å². The maximum atomic E-state index is 13.2. The Hall–Kier alpha value is -4.13. The molecule has 7 heteroatoms. The van der Waals surface area contributed by atoms with E-state index in [1.807, 2.05) is 60.4 Å². The van der Waals surface area contributed by atoms with Gasteiger partial charge in [0.25, 0.3) is 5.91 Å². The monoisotopic (exact) mass is 483 g/mol. The molecule has 0 bridgehead atoms. The van der Waals surface area contributed by atoms with Crippen molar-refractivity contribution >= 4 is 28.6 Å². The van der Waals surface area contributed by atoms with Crippen molar-refractivity contribution in [2.45, 2.75) is 19.8 Å². The second-order valence-electron chi connectivity index (χ2n) is 9.21. The smallest absolute Gasteiger partial charge is 0.253 e. The number of nitrogens with zero attached hydrogens (tertiary/aromatic N) is 2. The Balaban J connectivity index is 1.20. The van der Waals surface area contributed by atoms with E-state index < -0.39 is 0 Å². The zero-order valence-electron chi connectivity index (χ0n) is 20.4. The summed E-state index contributed by atoms with van der Waals surface area (Å²) in [5.74, 6) is 1.26. The summed E-state index contributed by atoms with van der Waals surface area (Å²) in [6, 6.07) is 22.4. The van der Waals surface area contributed by atoms with Crippen molar-refractivity contribution in [1.29, 1.82) is 0 Å². The number of carbonyl (C=O) groups is 2. The molecule has 1 fully saturated rings. The minimum absolute atomic E-state index is 0.0151. The first-order chi connectivity index (χ1) is 17.5. The number of nitrogens with one attached hydrogen (secondary N) is 1. The Labute approximate surface area is 210 Å². The average Bonchev–Trinajstić information content (AvgIpc) is 3.36. The molecule has 7 nitrogen and oxygen atoms in total. The lowest BCUT2D eigenvalue weighted by molar-refractivity contribution is -0.121. The quantitative estimate of drug-likeness (QED) is 0.384. The lowest BCUT2D eigenvalue weighted by Crippen LogP contribution is -2.41. The summed E-state index contributed by atoms with van der Waals surface area (Å²) < 4.78 is 11.1. The predicted molar refractivity (Wildman–Crippen MR) is 139 cm³/mol. The van der Waals surface area contributed by atoms with Gasteiger partial charge in [0.2, 0.25) is 11.8 Å². The number of ether oxygens (including phenoxy) is 1. The summed E-state index contributed by atoms with van der Waals surface area (Å²) >= 11 is 0. The number of methoxy groups -OCH3 is 1. The number of rotatable bonds is 6. The molecule has 2 heterocycles. The van der Waals surface area contributed by atoms with Crippen LogP contribution in [-0.2, 0) is 4.79 Å². The van der Waals surface area contributed by atoms with Crippen molar-refractivity contribution in [2.75, 3.05) is 25.5 Å². The van der Waals surface area contributed by atoms with E-state index in [-0.39, 0.29) is 23.7 Å². The number of likely N-dealkylation sites (tertiary alicyclic amines) is 1. The first-order valence-electron chi connectivity index (χ1n) is 12.2. The second-order valence-corrected chi connectivity index (χ2v) is 9.21. The van der Waals surface area contributed by atoms with Crippen LogP contribution in [0.1, 0.15) is 30.1 Å². The van der Waals surface area contributed by atoms with Crippen molar-refractivity contribution in [3.8, 4) is 17.2 Å². The van der Waals surface area contributed by atoms with Gasteiger partial charge in [-0.2, -0.15) is 0 Å². The Bertz CT molecular complexity index is 1370. The van der Waals surface area contributed by atoms with Gasteiger partial charge in [0.15, 0.2) is 5.58 Å². The minimum Gasteiger partial charge on any atom is -0.497 e. The molecule has 184 valence electrons. The Morgan fingerprint density at radius 3 is 2.56 bits per heavy atom. The third kappa shape index (κ3) is 4.96. The highest BCUT2D eigenvalue weighted by Gasteiger charge is 2.30. The van der Waals surface area contributed by atoms with Crippen LogP contribution in [0.2, 0.25) is 0 Å². The maximum Gasteiger partial charge on any atom is 0.253 e. The fraction of sp³-hybridized carbons (Fsp3) is 0.276. The van der Waals surface area contributed by atoms with E-state index in [2.05, 4.69) is 10.3 Å². The van der Waals surface area contributed by atoms with Crippen molar-refractivity contribution in [3.05, 3.63) is 78.4 Å². The van der Waals surface area contributed by atoms with Crippen LogP contribution in [0.15, 0.2) is 77.2 Å². The molecule has 0 radical (unpaired) electrons. The molecule has 1 N–H and O–H groups in total.